The second-order valence-electron chi connectivity index (χ2n) is 5.33. The Bertz CT molecular complexity index is 456. The summed E-state index contributed by atoms with van der Waals surface area (Å²) in [4.78, 5) is 2.08. The smallest absolute Gasteiger partial charge is 0.135 e. The van der Waals surface area contributed by atoms with Crippen LogP contribution in [0.25, 0.3) is 0 Å². The van der Waals surface area contributed by atoms with Crippen molar-refractivity contribution in [3.05, 3.63) is 47.5 Å². The number of nitrogens with one attached hydrogen (secondary N) is 2. The van der Waals surface area contributed by atoms with Crippen molar-refractivity contribution in [1.29, 1.82) is 5.41 Å². The number of hydrogen-bond donors (Lipinski definition) is 2. The van der Waals surface area contributed by atoms with Gasteiger partial charge in [0.2, 0.25) is 0 Å². The van der Waals surface area contributed by atoms with E-state index < -0.39 is 0 Å². The molecule has 0 radical (unpaired) electrons. The number of rotatable bonds is 7. The van der Waals surface area contributed by atoms with Crippen molar-refractivity contribution >= 4 is 6.21 Å². The Morgan fingerprint density at radius 2 is 2.15 bits per heavy atom. The number of nitrogens with zero attached hydrogens (tertiary/aromatic N) is 1. The summed E-state index contributed by atoms with van der Waals surface area (Å²) in [5.74, 6) is 1.12. The standard InChI is InChI=1S/C16H25N3O/c1-12(2)13(3)15(10-17)16-7-6-14(11-18-16)20-9-8-19(4)5/h6-7,10-12,17-18H,3,8-9H2,1-2,4-5H3/b16-15+,17-10?. The van der Waals surface area contributed by atoms with Gasteiger partial charge >= 0.3 is 0 Å². The molecule has 0 aromatic carbocycles. The van der Waals surface area contributed by atoms with Gasteiger partial charge in [-0.05, 0) is 37.7 Å². The van der Waals surface area contributed by atoms with Crippen molar-refractivity contribution in [1.82, 2.24) is 10.2 Å². The van der Waals surface area contributed by atoms with Gasteiger partial charge in [-0.15, -0.1) is 0 Å². The number of hydrogen-bond acceptors (Lipinski definition) is 4. The fourth-order valence-corrected chi connectivity index (χ4v) is 1.67. The molecule has 1 heterocycles. The molecule has 0 atom stereocenters. The summed E-state index contributed by atoms with van der Waals surface area (Å²) in [5.41, 5.74) is 2.68. The molecule has 0 bridgehead atoms. The van der Waals surface area contributed by atoms with Crippen LogP contribution in [0.1, 0.15) is 13.8 Å². The summed E-state index contributed by atoms with van der Waals surface area (Å²) in [7, 11) is 4.03. The van der Waals surface area contributed by atoms with E-state index >= 15 is 0 Å². The van der Waals surface area contributed by atoms with Crippen LogP contribution in [0, 0.1) is 11.3 Å². The molecule has 0 amide bonds. The lowest BCUT2D eigenvalue weighted by atomic mass is 9.95. The summed E-state index contributed by atoms with van der Waals surface area (Å²) in [6, 6.07) is 0. The molecule has 1 aliphatic heterocycles. The fraction of sp³-hybridized carbons (Fsp3) is 0.438. The van der Waals surface area contributed by atoms with Crippen LogP contribution in [-0.2, 0) is 4.74 Å². The minimum absolute atomic E-state index is 0.316. The van der Waals surface area contributed by atoms with E-state index in [-0.39, 0.29) is 0 Å². The van der Waals surface area contributed by atoms with E-state index in [0.29, 0.717) is 12.5 Å². The summed E-state index contributed by atoms with van der Waals surface area (Å²) >= 11 is 0. The third-order valence-corrected chi connectivity index (χ3v) is 3.07. The Kier molecular flexibility index (Phi) is 6.25. The van der Waals surface area contributed by atoms with Crippen molar-refractivity contribution in [3.8, 4) is 0 Å². The highest BCUT2D eigenvalue weighted by atomic mass is 16.5. The number of likely N-dealkylation sites (N-methyl/N-ethyl adjacent to an activating group) is 1. The summed E-state index contributed by atoms with van der Waals surface area (Å²) < 4.78 is 5.63. The Morgan fingerprint density at radius 1 is 1.45 bits per heavy atom. The monoisotopic (exact) mass is 275 g/mol. The van der Waals surface area contributed by atoms with Crippen LogP contribution in [0.15, 0.2) is 47.5 Å². The average molecular weight is 275 g/mol. The zero-order valence-corrected chi connectivity index (χ0v) is 12.9. The number of allylic oxidation sites excluding steroid dienone is 4. The van der Waals surface area contributed by atoms with Crippen LogP contribution in [-0.4, -0.2) is 38.4 Å². The molecule has 0 spiro atoms. The average Bonchev–Trinajstić information content (AvgIpc) is 2.40. The zero-order chi connectivity index (χ0) is 15.1. The molecule has 0 saturated heterocycles. The van der Waals surface area contributed by atoms with Crippen LogP contribution in [0.4, 0.5) is 0 Å². The van der Waals surface area contributed by atoms with E-state index in [1.54, 1.807) is 0 Å². The van der Waals surface area contributed by atoms with Crippen molar-refractivity contribution < 1.29 is 4.74 Å². The molecule has 110 valence electrons. The Morgan fingerprint density at radius 3 is 2.60 bits per heavy atom. The van der Waals surface area contributed by atoms with Crippen molar-refractivity contribution in [2.24, 2.45) is 5.92 Å². The molecule has 0 saturated carbocycles. The van der Waals surface area contributed by atoms with Gasteiger partial charge in [-0.1, -0.05) is 20.4 Å². The van der Waals surface area contributed by atoms with E-state index in [2.05, 4.69) is 30.6 Å². The maximum absolute atomic E-state index is 7.55. The lowest BCUT2D eigenvalue weighted by Crippen LogP contribution is -2.19. The molecule has 4 nitrogen and oxygen atoms in total. The van der Waals surface area contributed by atoms with Gasteiger partial charge in [-0.2, -0.15) is 0 Å². The van der Waals surface area contributed by atoms with Crippen LogP contribution >= 0.6 is 0 Å². The van der Waals surface area contributed by atoms with Crippen LogP contribution in [0.3, 0.4) is 0 Å². The Balaban J connectivity index is 2.68. The molecular formula is C16H25N3O. The predicted molar refractivity (Wildman–Crippen MR) is 84.7 cm³/mol. The van der Waals surface area contributed by atoms with Crippen LogP contribution in [0.2, 0.25) is 0 Å². The molecule has 2 N–H and O–H groups in total. The highest BCUT2D eigenvalue weighted by Gasteiger charge is 2.11. The van der Waals surface area contributed by atoms with Gasteiger partial charge in [-0.25, -0.2) is 0 Å². The first-order chi connectivity index (χ1) is 9.45. The van der Waals surface area contributed by atoms with E-state index in [1.165, 1.54) is 6.21 Å². The molecule has 0 aromatic rings. The first-order valence-corrected chi connectivity index (χ1v) is 6.82. The normalized spacial score (nSPS) is 16.8. The lowest BCUT2D eigenvalue weighted by molar-refractivity contribution is 0.191. The van der Waals surface area contributed by atoms with Gasteiger partial charge in [0.25, 0.3) is 0 Å². The minimum atomic E-state index is 0.316. The molecule has 20 heavy (non-hydrogen) atoms. The molecule has 4 heteroatoms. The number of dihydropyridines is 1. The zero-order valence-electron chi connectivity index (χ0n) is 12.9. The SMILES string of the molecule is C=C(/C(C=N)=C1\C=CC(OCCN(C)C)=CN1)C(C)C. The first-order valence-electron chi connectivity index (χ1n) is 6.82. The topological polar surface area (TPSA) is 48.4 Å². The fourth-order valence-electron chi connectivity index (χ4n) is 1.67. The van der Waals surface area contributed by atoms with E-state index in [4.69, 9.17) is 10.1 Å². The first kappa shape index (κ1) is 16.2. The lowest BCUT2D eigenvalue weighted by Gasteiger charge is -2.18. The maximum atomic E-state index is 7.55. The van der Waals surface area contributed by atoms with Gasteiger partial charge in [0.15, 0.2) is 0 Å². The van der Waals surface area contributed by atoms with Gasteiger partial charge < -0.3 is 20.4 Å². The quantitative estimate of drug-likeness (QED) is 0.702. The van der Waals surface area contributed by atoms with Gasteiger partial charge in [0.05, 0.1) is 0 Å². The Hall–Kier alpha value is -1.81. The van der Waals surface area contributed by atoms with E-state index in [0.717, 1.165) is 29.1 Å². The van der Waals surface area contributed by atoms with Gasteiger partial charge in [0, 0.05) is 30.2 Å². The second-order valence-corrected chi connectivity index (χ2v) is 5.33. The molecule has 0 fully saturated rings. The highest BCUT2D eigenvalue weighted by molar-refractivity contribution is 5.84. The number of ether oxygens (including phenoxy) is 1. The van der Waals surface area contributed by atoms with E-state index in [1.807, 2.05) is 32.4 Å². The Labute approximate surface area is 122 Å². The molecule has 1 rings (SSSR count). The van der Waals surface area contributed by atoms with Gasteiger partial charge in [-0.3, -0.25) is 0 Å². The third kappa shape index (κ3) is 4.70. The second kappa shape index (κ2) is 7.70. The van der Waals surface area contributed by atoms with Crippen molar-refractivity contribution in [2.45, 2.75) is 13.8 Å². The highest BCUT2D eigenvalue weighted by Crippen LogP contribution is 2.20. The maximum Gasteiger partial charge on any atom is 0.135 e. The summed E-state index contributed by atoms with van der Waals surface area (Å²) in [5, 5.41) is 10.7. The largest absolute Gasteiger partial charge is 0.491 e. The van der Waals surface area contributed by atoms with E-state index in [9.17, 15) is 0 Å². The van der Waals surface area contributed by atoms with Crippen LogP contribution in [0.5, 0.6) is 0 Å². The van der Waals surface area contributed by atoms with Gasteiger partial charge in [0.1, 0.15) is 12.4 Å². The van der Waals surface area contributed by atoms with Crippen molar-refractivity contribution in [2.75, 3.05) is 27.2 Å². The summed E-state index contributed by atoms with van der Waals surface area (Å²) in [6.45, 7) is 9.73. The molecular weight excluding hydrogens is 250 g/mol. The van der Waals surface area contributed by atoms with Crippen LogP contribution < -0.4 is 5.32 Å². The molecule has 0 unspecified atom stereocenters. The molecule has 0 aromatic heterocycles. The minimum Gasteiger partial charge on any atom is -0.491 e. The predicted octanol–water partition coefficient (Wildman–Crippen LogP) is 2.68. The third-order valence-electron chi connectivity index (χ3n) is 3.07. The molecule has 0 aliphatic carbocycles. The molecule has 1 aliphatic rings. The van der Waals surface area contributed by atoms with Crippen molar-refractivity contribution in [3.63, 3.8) is 0 Å². The summed E-state index contributed by atoms with van der Waals surface area (Å²) in [6.07, 6.45) is 7.01.